The Hall–Kier alpha value is -2.72. The number of rotatable bonds is 3. The molecule has 1 aliphatic carbocycles. The number of ether oxygens (including phenoxy) is 1. The third kappa shape index (κ3) is 2.85. The molecule has 0 spiro atoms. The summed E-state index contributed by atoms with van der Waals surface area (Å²) in [5.74, 6) is -0.198. The van der Waals surface area contributed by atoms with Crippen LogP contribution < -0.4 is 10.7 Å². The van der Waals surface area contributed by atoms with Gasteiger partial charge in [-0.1, -0.05) is 23.7 Å². The maximum Gasteiger partial charge on any atom is 0.334 e. The number of hydrazine groups is 1. The molecular formula is C19H16ClN5O3S. The Morgan fingerprint density at radius 3 is 2.79 bits per heavy atom. The number of fused-ring (bicyclic) bond motifs is 3. The minimum absolute atomic E-state index is 0.198. The van der Waals surface area contributed by atoms with E-state index in [0.29, 0.717) is 64.4 Å². The molecule has 0 unspecified atom stereocenters. The third-order valence-electron chi connectivity index (χ3n) is 5.08. The van der Waals surface area contributed by atoms with Crippen LogP contribution in [0, 0.1) is 0 Å². The Bertz CT molecular complexity index is 1130. The fourth-order valence-electron chi connectivity index (χ4n) is 3.85. The van der Waals surface area contributed by atoms with Crippen molar-refractivity contribution < 1.29 is 14.3 Å². The minimum atomic E-state index is -0.649. The molecule has 1 saturated heterocycles. The fourth-order valence-corrected chi connectivity index (χ4v) is 4.72. The van der Waals surface area contributed by atoms with Crippen LogP contribution in [0.15, 0.2) is 29.6 Å². The van der Waals surface area contributed by atoms with Crippen molar-refractivity contribution in [2.75, 3.05) is 31.3 Å². The van der Waals surface area contributed by atoms with Crippen LogP contribution in [-0.2, 0) is 4.74 Å². The smallest absolute Gasteiger partial charge is 0.334 e. The number of ketones is 1. The molecule has 10 heteroatoms. The van der Waals surface area contributed by atoms with Gasteiger partial charge in [0.2, 0.25) is 0 Å². The summed E-state index contributed by atoms with van der Waals surface area (Å²) in [6, 6.07) is 6.49. The van der Waals surface area contributed by atoms with Crippen molar-refractivity contribution in [1.29, 1.82) is 0 Å². The number of nitrogens with two attached hydrogens (primary N) is 1. The number of hydrogen-bond donors (Lipinski definition) is 2. The van der Waals surface area contributed by atoms with Crippen LogP contribution in [0.5, 0.6) is 0 Å². The van der Waals surface area contributed by atoms with Gasteiger partial charge in [0, 0.05) is 29.6 Å². The van der Waals surface area contributed by atoms with Gasteiger partial charge in [0.1, 0.15) is 5.69 Å². The molecule has 29 heavy (non-hydrogen) atoms. The average molecular weight is 430 g/mol. The standard InChI is InChI=1S/C19H16ClN5O3S/c20-13-8-10(9-29-13)16-15-17(23-22-16)11-2-1-3-12(14(11)18(15)26)25(19(21)27)24-4-6-28-7-5-24/h1-3,8-9H,4-7H2,(H2,21,27)(H,22,23). The summed E-state index contributed by atoms with van der Waals surface area (Å²) in [6.45, 7) is 1.98. The number of aromatic nitrogens is 2. The van der Waals surface area contributed by atoms with Gasteiger partial charge in [0.05, 0.1) is 40.1 Å². The number of morpholine rings is 1. The monoisotopic (exact) mass is 429 g/mol. The maximum atomic E-state index is 13.5. The Morgan fingerprint density at radius 2 is 2.10 bits per heavy atom. The average Bonchev–Trinajstić information content (AvgIpc) is 3.40. The summed E-state index contributed by atoms with van der Waals surface area (Å²) in [5.41, 5.74) is 9.71. The Balaban J connectivity index is 1.63. The second-order valence-corrected chi connectivity index (χ2v) is 8.25. The van der Waals surface area contributed by atoms with E-state index in [1.807, 2.05) is 11.4 Å². The molecule has 3 aromatic rings. The fraction of sp³-hybridized carbons (Fsp3) is 0.211. The molecule has 148 valence electrons. The van der Waals surface area contributed by atoms with Gasteiger partial charge in [-0.15, -0.1) is 11.3 Å². The zero-order valence-corrected chi connectivity index (χ0v) is 16.7. The number of carbonyl (C=O) groups is 2. The number of H-pyrrole nitrogens is 1. The maximum absolute atomic E-state index is 13.5. The van der Waals surface area contributed by atoms with Crippen molar-refractivity contribution >= 4 is 40.4 Å². The van der Waals surface area contributed by atoms with Crippen LogP contribution in [0.2, 0.25) is 4.34 Å². The topological polar surface area (TPSA) is 105 Å². The van der Waals surface area contributed by atoms with Gasteiger partial charge >= 0.3 is 6.03 Å². The van der Waals surface area contributed by atoms with Gasteiger partial charge in [-0.2, -0.15) is 5.10 Å². The van der Waals surface area contributed by atoms with Crippen LogP contribution >= 0.6 is 22.9 Å². The lowest BCUT2D eigenvalue weighted by molar-refractivity contribution is 0.0364. The number of hydrogen-bond acceptors (Lipinski definition) is 6. The first-order chi connectivity index (χ1) is 14.1. The molecule has 0 atom stereocenters. The van der Waals surface area contributed by atoms with Crippen molar-refractivity contribution in [2.24, 2.45) is 5.73 Å². The number of primary amides is 1. The third-order valence-corrected chi connectivity index (χ3v) is 6.17. The van der Waals surface area contributed by atoms with Crippen molar-refractivity contribution in [3.63, 3.8) is 0 Å². The Kier molecular flexibility index (Phi) is 4.39. The summed E-state index contributed by atoms with van der Waals surface area (Å²) in [4.78, 5) is 25.8. The Labute approximate surface area is 174 Å². The second kappa shape index (κ2) is 6.96. The lowest BCUT2D eigenvalue weighted by Gasteiger charge is -2.36. The zero-order chi connectivity index (χ0) is 20.1. The Morgan fingerprint density at radius 1 is 1.31 bits per heavy atom. The van der Waals surface area contributed by atoms with E-state index >= 15 is 0 Å². The predicted molar refractivity (Wildman–Crippen MR) is 110 cm³/mol. The van der Waals surface area contributed by atoms with E-state index in [1.165, 1.54) is 16.3 Å². The summed E-state index contributed by atoms with van der Waals surface area (Å²) in [5, 5.41) is 12.4. The van der Waals surface area contributed by atoms with Crippen LogP contribution in [0.3, 0.4) is 0 Å². The largest absolute Gasteiger partial charge is 0.379 e. The number of anilines is 1. The van der Waals surface area contributed by atoms with Crippen LogP contribution in [-0.4, -0.2) is 53.3 Å². The molecule has 2 aliphatic rings. The van der Waals surface area contributed by atoms with Crippen molar-refractivity contribution in [1.82, 2.24) is 15.2 Å². The molecule has 5 rings (SSSR count). The quantitative estimate of drug-likeness (QED) is 0.520. The van der Waals surface area contributed by atoms with Crippen molar-refractivity contribution in [2.45, 2.75) is 0 Å². The van der Waals surface area contributed by atoms with E-state index in [9.17, 15) is 9.59 Å². The van der Waals surface area contributed by atoms with E-state index in [2.05, 4.69) is 10.2 Å². The lowest BCUT2D eigenvalue weighted by atomic mass is 10.0. The molecule has 1 fully saturated rings. The van der Waals surface area contributed by atoms with E-state index in [1.54, 1.807) is 23.2 Å². The van der Waals surface area contributed by atoms with Crippen LogP contribution in [0.25, 0.3) is 22.5 Å². The number of nitrogens with zero attached hydrogens (tertiary/aromatic N) is 3. The highest BCUT2D eigenvalue weighted by atomic mass is 35.5. The number of nitrogens with one attached hydrogen (secondary N) is 1. The minimum Gasteiger partial charge on any atom is -0.379 e. The van der Waals surface area contributed by atoms with Gasteiger partial charge in [-0.05, 0) is 12.1 Å². The summed E-state index contributed by atoms with van der Waals surface area (Å²) >= 11 is 7.45. The highest BCUT2D eigenvalue weighted by Gasteiger charge is 2.38. The van der Waals surface area contributed by atoms with Gasteiger partial charge in [-0.3, -0.25) is 9.89 Å². The highest BCUT2D eigenvalue weighted by molar-refractivity contribution is 7.14. The SMILES string of the molecule is NC(=O)N(c1cccc2c1C(=O)c1c-2n[nH]c1-c1csc(Cl)c1)N1CCOCC1. The second-order valence-electron chi connectivity index (χ2n) is 6.71. The molecule has 8 nitrogen and oxygen atoms in total. The number of urea groups is 1. The summed E-state index contributed by atoms with van der Waals surface area (Å²) in [6.07, 6.45) is 0. The van der Waals surface area contributed by atoms with Crippen LogP contribution in [0.4, 0.5) is 10.5 Å². The number of amides is 2. The van der Waals surface area contributed by atoms with Gasteiger partial charge < -0.3 is 10.5 Å². The van der Waals surface area contributed by atoms with Gasteiger partial charge in [-0.25, -0.2) is 14.8 Å². The number of carbonyl (C=O) groups excluding carboxylic acids is 2. The number of halogens is 1. The molecule has 3 heterocycles. The normalized spacial score (nSPS) is 16.0. The van der Waals surface area contributed by atoms with E-state index in [-0.39, 0.29) is 5.78 Å². The molecule has 1 aliphatic heterocycles. The molecule has 0 radical (unpaired) electrons. The first-order valence-corrected chi connectivity index (χ1v) is 10.2. The highest BCUT2D eigenvalue weighted by Crippen LogP contribution is 2.44. The van der Waals surface area contributed by atoms with E-state index < -0.39 is 6.03 Å². The van der Waals surface area contributed by atoms with Crippen molar-refractivity contribution in [3.05, 3.63) is 45.1 Å². The molecule has 1 aromatic carbocycles. The van der Waals surface area contributed by atoms with E-state index in [0.717, 1.165) is 5.56 Å². The predicted octanol–water partition coefficient (Wildman–Crippen LogP) is 3.14. The molecule has 0 bridgehead atoms. The van der Waals surface area contributed by atoms with Crippen molar-refractivity contribution in [3.8, 4) is 22.5 Å². The lowest BCUT2D eigenvalue weighted by Crippen LogP contribution is -2.54. The number of benzene rings is 1. The molecule has 3 N–H and O–H groups in total. The number of thiophene rings is 1. The van der Waals surface area contributed by atoms with Crippen LogP contribution in [0.1, 0.15) is 15.9 Å². The molecule has 0 saturated carbocycles. The number of aromatic amines is 1. The molecule has 2 aromatic heterocycles. The first-order valence-electron chi connectivity index (χ1n) is 8.99. The van der Waals surface area contributed by atoms with E-state index in [4.69, 9.17) is 22.1 Å². The van der Waals surface area contributed by atoms with Gasteiger partial charge in [0.15, 0.2) is 5.78 Å². The first kappa shape index (κ1) is 18.3. The zero-order valence-electron chi connectivity index (χ0n) is 15.1. The summed E-state index contributed by atoms with van der Waals surface area (Å²) < 4.78 is 6.00. The van der Waals surface area contributed by atoms with Gasteiger partial charge in [0.25, 0.3) is 0 Å². The molecule has 2 amide bonds. The molecular weight excluding hydrogens is 414 g/mol. The summed E-state index contributed by atoms with van der Waals surface area (Å²) in [7, 11) is 0.